The number of hydrogen-bond donors (Lipinski definition) is 1. The molecule has 2 atom stereocenters. The van der Waals surface area contributed by atoms with Crippen molar-refractivity contribution in [1.82, 2.24) is 4.90 Å². The van der Waals surface area contributed by atoms with E-state index in [-0.39, 0.29) is 6.61 Å². The molecule has 1 heterocycles. The van der Waals surface area contributed by atoms with Gasteiger partial charge < -0.3 is 5.11 Å². The van der Waals surface area contributed by atoms with E-state index in [0.717, 1.165) is 13.0 Å². The minimum absolute atomic E-state index is 0.290. The normalized spacial score (nSPS) is 28.3. The van der Waals surface area contributed by atoms with E-state index in [2.05, 4.69) is 18.4 Å². The number of rotatable bonds is 3. The Morgan fingerprint density at radius 3 is 3.00 bits per heavy atom. The maximum Gasteiger partial charge on any atom is 0.0587 e. The number of likely N-dealkylation sites (tertiary alicyclic amines) is 1. The molecule has 0 bridgehead atoms. The predicted molar refractivity (Wildman–Crippen MR) is 51.1 cm³/mol. The Balaban J connectivity index is 2.51. The van der Waals surface area contributed by atoms with Gasteiger partial charge >= 0.3 is 0 Å². The van der Waals surface area contributed by atoms with Crippen LogP contribution in [0.2, 0.25) is 0 Å². The predicted octanol–water partition coefficient (Wildman–Crippen LogP) is 1.41. The third-order valence-corrected chi connectivity index (χ3v) is 2.75. The molecule has 0 amide bonds. The molecular weight excluding hydrogens is 150 g/mol. The summed E-state index contributed by atoms with van der Waals surface area (Å²) in [7, 11) is 0. The Hall–Kier alpha value is -0.340. The Morgan fingerprint density at radius 1 is 1.67 bits per heavy atom. The lowest BCUT2D eigenvalue weighted by molar-refractivity contribution is 0.0741. The average Bonchev–Trinajstić information content (AvgIpc) is 2.16. The van der Waals surface area contributed by atoms with Crippen molar-refractivity contribution in [3.63, 3.8) is 0 Å². The Bertz CT molecular complexity index is 147. The van der Waals surface area contributed by atoms with Crippen molar-refractivity contribution < 1.29 is 5.11 Å². The minimum atomic E-state index is 0.290. The summed E-state index contributed by atoms with van der Waals surface area (Å²) in [6.45, 7) is 7.32. The van der Waals surface area contributed by atoms with Crippen LogP contribution in [0.1, 0.15) is 26.2 Å². The van der Waals surface area contributed by atoms with Crippen molar-refractivity contribution >= 4 is 0 Å². The van der Waals surface area contributed by atoms with Gasteiger partial charge in [-0.3, -0.25) is 4.90 Å². The van der Waals surface area contributed by atoms with Gasteiger partial charge in [0, 0.05) is 12.1 Å². The molecule has 2 heteroatoms. The lowest BCUT2D eigenvalue weighted by Crippen LogP contribution is -2.46. The monoisotopic (exact) mass is 169 g/mol. The zero-order chi connectivity index (χ0) is 8.97. The van der Waals surface area contributed by atoms with Crippen LogP contribution in [0.4, 0.5) is 0 Å². The number of hydrogen-bond acceptors (Lipinski definition) is 2. The molecule has 0 spiro atoms. The highest BCUT2D eigenvalue weighted by Gasteiger charge is 2.23. The molecule has 1 rings (SSSR count). The second-order valence-electron chi connectivity index (χ2n) is 3.55. The van der Waals surface area contributed by atoms with Gasteiger partial charge in [0.1, 0.15) is 0 Å². The third-order valence-electron chi connectivity index (χ3n) is 2.75. The van der Waals surface area contributed by atoms with Gasteiger partial charge in [0.15, 0.2) is 0 Å². The maximum atomic E-state index is 9.13. The first-order valence-electron chi connectivity index (χ1n) is 4.78. The topological polar surface area (TPSA) is 23.5 Å². The van der Waals surface area contributed by atoms with Crippen LogP contribution in [0.25, 0.3) is 0 Å². The lowest BCUT2D eigenvalue weighted by Gasteiger charge is -2.37. The quantitative estimate of drug-likeness (QED) is 0.646. The van der Waals surface area contributed by atoms with Crippen LogP contribution in [0.15, 0.2) is 12.7 Å². The van der Waals surface area contributed by atoms with Gasteiger partial charge in [-0.2, -0.15) is 0 Å². The van der Waals surface area contributed by atoms with Crippen LogP contribution < -0.4 is 0 Å². The Kier molecular flexibility index (Phi) is 3.76. The molecule has 1 N–H and O–H groups in total. The lowest BCUT2D eigenvalue weighted by atomic mass is 10.0. The third kappa shape index (κ3) is 2.08. The molecule has 2 unspecified atom stereocenters. The summed E-state index contributed by atoms with van der Waals surface area (Å²) < 4.78 is 0. The molecule has 1 aliphatic heterocycles. The summed E-state index contributed by atoms with van der Waals surface area (Å²) in [6, 6.07) is 0.772. The molecule has 2 nitrogen and oxygen atoms in total. The summed E-state index contributed by atoms with van der Waals surface area (Å²) in [5.41, 5.74) is 0. The fourth-order valence-electron chi connectivity index (χ4n) is 1.89. The van der Waals surface area contributed by atoms with Crippen molar-refractivity contribution in [1.29, 1.82) is 0 Å². The van der Waals surface area contributed by atoms with Crippen LogP contribution in [-0.2, 0) is 0 Å². The van der Waals surface area contributed by atoms with Crippen LogP contribution in [0.3, 0.4) is 0 Å². The number of aliphatic hydroxyl groups is 1. The molecule has 0 aromatic heterocycles. The molecule has 0 saturated carbocycles. The van der Waals surface area contributed by atoms with Crippen LogP contribution in [0.5, 0.6) is 0 Å². The molecular formula is C10H19NO. The van der Waals surface area contributed by atoms with E-state index < -0.39 is 0 Å². The summed E-state index contributed by atoms with van der Waals surface area (Å²) in [6.07, 6.45) is 5.60. The fraction of sp³-hybridized carbons (Fsp3) is 0.800. The van der Waals surface area contributed by atoms with Crippen molar-refractivity contribution in [3.8, 4) is 0 Å². The standard InChI is InChI=1S/C10H19NO/c1-3-9(2)11-7-5-4-6-10(11)8-12/h3,9-10,12H,1,4-8H2,2H3. The second-order valence-corrected chi connectivity index (χ2v) is 3.55. The van der Waals surface area contributed by atoms with Gasteiger partial charge in [0.2, 0.25) is 0 Å². The minimum Gasteiger partial charge on any atom is -0.395 e. The molecule has 0 aromatic carbocycles. The SMILES string of the molecule is C=CC(C)N1CCCCC1CO. The van der Waals surface area contributed by atoms with Crippen LogP contribution in [0, 0.1) is 0 Å². The molecule has 1 aliphatic rings. The van der Waals surface area contributed by atoms with Crippen LogP contribution in [-0.4, -0.2) is 35.2 Å². The zero-order valence-corrected chi connectivity index (χ0v) is 7.87. The van der Waals surface area contributed by atoms with E-state index in [0.29, 0.717) is 12.1 Å². The van der Waals surface area contributed by atoms with Crippen molar-refractivity contribution in [2.75, 3.05) is 13.2 Å². The number of piperidine rings is 1. The van der Waals surface area contributed by atoms with Crippen molar-refractivity contribution in [2.24, 2.45) is 0 Å². The first-order chi connectivity index (χ1) is 5.79. The molecule has 0 radical (unpaired) electrons. The van der Waals surface area contributed by atoms with E-state index in [1.54, 1.807) is 0 Å². The van der Waals surface area contributed by atoms with Crippen LogP contribution >= 0.6 is 0 Å². The molecule has 0 aliphatic carbocycles. The van der Waals surface area contributed by atoms with Gasteiger partial charge in [-0.05, 0) is 26.3 Å². The summed E-state index contributed by atoms with van der Waals surface area (Å²) in [4.78, 5) is 2.34. The maximum absolute atomic E-state index is 9.13. The summed E-state index contributed by atoms with van der Waals surface area (Å²) in [5, 5.41) is 9.13. The average molecular weight is 169 g/mol. The Morgan fingerprint density at radius 2 is 2.42 bits per heavy atom. The van der Waals surface area contributed by atoms with Crippen molar-refractivity contribution in [3.05, 3.63) is 12.7 Å². The Labute approximate surface area is 74.9 Å². The van der Waals surface area contributed by atoms with Gasteiger partial charge in [0.05, 0.1) is 6.61 Å². The molecule has 1 fully saturated rings. The van der Waals surface area contributed by atoms with Gasteiger partial charge in [-0.15, -0.1) is 6.58 Å². The smallest absolute Gasteiger partial charge is 0.0587 e. The molecule has 0 aromatic rings. The van der Waals surface area contributed by atoms with E-state index in [4.69, 9.17) is 5.11 Å². The van der Waals surface area contributed by atoms with E-state index in [1.165, 1.54) is 12.8 Å². The molecule has 70 valence electrons. The summed E-state index contributed by atoms with van der Waals surface area (Å²) in [5.74, 6) is 0. The van der Waals surface area contributed by atoms with Crippen molar-refractivity contribution in [2.45, 2.75) is 38.3 Å². The van der Waals surface area contributed by atoms with Gasteiger partial charge in [0.25, 0.3) is 0 Å². The highest BCUT2D eigenvalue weighted by Crippen LogP contribution is 2.19. The first-order valence-corrected chi connectivity index (χ1v) is 4.78. The first kappa shape index (κ1) is 9.75. The fourth-order valence-corrected chi connectivity index (χ4v) is 1.89. The van der Waals surface area contributed by atoms with E-state index >= 15 is 0 Å². The second kappa shape index (κ2) is 4.63. The largest absolute Gasteiger partial charge is 0.395 e. The number of nitrogens with zero attached hydrogens (tertiary/aromatic N) is 1. The zero-order valence-electron chi connectivity index (χ0n) is 7.87. The highest BCUT2D eigenvalue weighted by atomic mass is 16.3. The molecule has 1 saturated heterocycles. The van der Waals surface area contributed by atoms with E-state index in [1.807, 2.05) is 6.08 Å². The molecule has 12 heavy (non-hydrogen) atoms. The van der Waals surface area contributed by atoms with Gasteiger partial charge in [-0.1, -0.05) is 12.5 Å². The van der Waals surface area contributed by atoms with Gasteiger partial charge in [-0.25, -0.2) is 0 Å². The number of aliphatic hydroxyl groups excluding tert-OH is 1. The summed E-state index contributed by atoms with van der Waals surface area (Å²) >= 11 is 0. The van der Waals surface area contributed by atoms with E-state index in [9.17, 15) is 0 Å². The highest BCUT2D eigenvalue weighted by molar-refractivity contribution is 4.89.